The summed E-state index contributed by atoms with van der Waals surface area (Å²) >= 11 is 2.97. The average Bonchev–Trinajstić information content (AvgIpc) is 2.96. The Kier molecular flexibility index (Phi) is 15.4. The second kappa shape index (κ2) is 17.4. The fraction of sp³-hybridized carbons (Fsp3) is 0.613. The highest BCUT2D eigenvalue weighted by Crippen LogP contribution is 2.43. The van der Waals surface area contributed by atoms with Crippen LogP contribution >= 0.6 is 15.9 Å². The maximum Gasteiger partial charge on any atom is 0.432 e. The van der Waals surface area contributed by atoms with Crippen LogP contribution in [0.2, 0.25) is 0 Å². The molecule has 0 aromatic heterocycles. The van der Waals surface area contributed by atoms with Gasteiger partial charge < -0.3 is 24.4 Å². The topological polar surface area (TPSA) is 111 Å². The van der Waals surface area contributed by atoms with Crippen LogP contribution in [-0.2, 0) is 39.0 Å². The molecule has 246 valence electrons. The molecule has 0 fully saturated rings. The number of benzene rings is 1. The first kappa shape index (κ1) is 38.9. The molecule has 0 aliphatic heterocycles. The zero-order chi connectivity index (χ0) is 33.8. The number of carbonyl (C=O) groups is 4. The number of alkyl halides is 3. The van der Waals surface area contributed by atoms with Gasteiger partial charge in [-0.25, -0.2) is 9.59 Å². The Bertz CT molecular complexity index is 1180. The van der Waals surface area contributed by atoms with Crippen molar-refractivity contribution in [3.05, 3.63) is 35.9 Å². The third kappa shape index (κ3) is 9.44. The number of nitrogens with zero attached hydrogens (tertiary/aromatic N) is 1. The summed E-state index contributed by atoms with van der Waals surface area (Å²) in [6.07, 6.45) is -5.95. The molecule has 9 nitrogen and oxygen atoms in total. The van der Waals surface area contributed by atoms with Crippen molar-refractivity contribution in [3.8, 4) is 10.8 Å². The highest BCUT2D eigenvalue weighted by atomic mass is 79.9. The SMILES string of the molecule is COC(=O)[C@H](C(C)C)N(C)C(=O)[C@@H](NC(=O)[C@@H](C)[C@@H](CCCC#CBr)OC(=O)[C@](OC)(c1ccccc1)C(F)(F)F)C(C)C. The lowest BCUT2D eigenvalue weighted by molar-refractivity contribution is -0.278. The molecule has 0 radical (unpaired) electrons. The van der Waals surface area contributed by atoms with Crippen LogP contribution in [0.3, 0.4) is 0 Å². The van der Waals surface area contributed by atoms with Crippen LogP contribution in [0.15, 0.2) is 30.3 Å². The number of amides is 2. The third-order valence-electron chi connectivity index (χ3n) is 7.33. The van der Waals surface area contributed by atoms with Crippen LogP contribution < -0.4 is 5.32 Å². The van der Waals surface area contributed by atoms with Crippen molar-refractivity contribution < 1.29 is 46.6 Å². The van der Waals surface area contributed by atoms with E-state index in [1.807, 2.05) is 0 Å². The minimum atomic E-state index is -5.20. The van der Waals surface area contributed by atoms with Gasteiger partial charge in [-0.3, -0.25) is 9.59 Å². The number of hydrogen-bond acceptors (Lipinski definition) is 7. The summed E-state index contributed by atoms with van der Waals surface area (Å²) in [7, 11) is 3.39. The fourth-order valence-corrected chi connectivity index (χ4v) is 4.98. The molecule has 1 N–H and O–H groups in total. The summed E-state index contributed by atoms with van der Waals surface area (Å²) in [6, 6.07) is 4.33. The first-order chi connectivity index (χ1) is 20.5. The van der Waals surface area contributed by atoms with Gasteiger partial charge in [0.2, 0.25) is 11.8 Å². The van der Waals surface area contributed by atoms with Crippen molar-refractivity contribution in [1.29, 1.82) is 0 Å². The predicted molar refractivity (Wildman–Crippen MR) is 161 cm³/mol. The predicted octanol–water partition coefficient (Wildman–Crippen LogP) is 4.96. The molecule has 1 aromatic carbocycles. The number of methoxy groups -OCH3 is 2. The molecule has 0 unspecified atom stereocenters. The Morgan fingerprint density at radius 3 is 2.05 bits per heavy atom. The highest BCUT2D eigenvalue weighted by molar-refractivity contribution is 9.12. The van der Waals surface area contributed by atoms with Crippen LogP contribution in [0.5, 0.6) is 0 Å². The summed E-state index contributed by atoms with van der Waals surface area (Å²) in [5.41, 5.74) is -3.93. The molecule has 13 heteroatoms. The zero-order valence-electron chi connectivity index (χ0n) is 26.3. The molecule has 1 rings (SSSR count). The molecule has 0 aliphatic carbocycles. The second-order valence-corrected chi connectivity index (χ2v) is 11.4. The van der Waals surface area contributed by atoms with E-state index in [1.54, 1.807) is 27.7 Å². The number of rotatable bonds is 15. The number of esters is 2. The van der Waals surface area contributed by atoms with Crippen molar-refractivity contribution in [2.45, 2.75) is 83.8 Å². The Labute approximate surface area is 265 Å². The molecule has 5 atom stereocenters. The number of unbranched alkanes of at least 4 members (excludes halogenated alkanes) is 1. The van der Waals surface area contributed by atoms with Crippen molar-refractivity contribution in [1.82, 2.24) is 10.2 Å². The summed E-state index contributed by atoms with van der Waals surface area (Å²) in [6.45, 7) is 8.26. The lowest BCUT2D eigenvalue weighted by atomic mass is 9.91. The van der Waals surface area contributed by atoms with Crippen molar-refractivity contribution in [2.24, 2.45) is 17.8 Å². The van der Waals surface area contributed by atoms with E-state index in [1.165, 1.54) is 44.2 Å². The number of likely N-dealkylation sites (N-methyl/N-ethyl adjacent to an activating group) is 1. The van der Waals surface area contributed by atoms with E-state index >= 15 is 0 Å². The van der Waals surface area contributed by atoms with Crippen molar-refractivity contribution in [2.75, 3.05) is 21.3 Å². The Morgan fingerprint density at radius 2 is 1.59 bits per heavy atom. The normalized spacial score (nSPS) is 15.6. The minimum Gasteiger partial charge on any atom is -0.467 e. The monoisotopic (exact) mass is 690 g/mol. The van der Waals surface area contributed by atoms with Crippen molar-refractivity contribution in [3.63, 3.8) is 0 Å². The molecule has 2 amide bonds. The average molecular weight is 692 g/mol. The maximum absolute atomic E-state index is 14.5. The number of hydrogen-bond donors (Lipinski definition) is 1. The van der Waals surface area contributed by atoms with Crippen LogP contribution in [-0.4, -0.2) is 74.3 Å². The molecule has 44 heavy (non-hydrogen) atoms. The lowest BCUT2D eigenvalue weighted by Crippen LogP contribution is -2.57. The van der Waals surface area contributed by atoms with Gasteiger partial charge in [0.25, 0.3) is 5.60 Å². The molecule has 0 bridgehead atoms. The molecule has 0 saturated heterocycles. The highest BCUT2D eigenvalue weighted by Gasteiger charge is 2.64. The van der Waals surface area contributed by atoms with E-state index in [0.29, 0.717) is 6.42 Å². The quantitative estimate of drug-likeness (QED) is 0.157. The van der Waals surface area contributed by atoms with Gasteiger partial charge in [0.1, 0.15) is 18.2 Å². The zero-order valence-corrected chi connectivity index (χ0v) is 27.9. The van der Waals surface area contributed by atoms with E-state index in [2.05, 4.69) is 32.0 Å². The van der Waals surface area contributed by atoms with Gasteiger partial charge in [0.15, 0.2) is 0 Å². The van der Waals surface area contributed by atoms with E-state index < -0.39 is 71.1 Å². The molecule has 0 spiro atoms. The molecule has 0 aliphatic rings. The molecule has 0 heterocycles. The fourth-order valence-electron chi connectivity index (χ4n) is 4.78. The van der Waals surface area contributed by atoms with Gasteiger partial charge in [-0.2, -0.15) is 13.2 Å². The molecular weight excluding hydrogens is 649 g/mol. The van der Waals surface area contributed by atoms with Gasteiger partial charge in [0.05, 0.1) is 13.0 Å². The first-order valence-corrected chi connectivity index (χ1v) is 14.9. The van der Waals surface area contributed by atoms with Crippen LogP contribution in [0, 0.1) is 28.5 Å². The Morgan fingerprint density at radius 1 is 1.00 bits per heavy atom. The Balaban J connectivity index is 3.41. The number of carbonyl (C=O) groups excluding carboxylic acids is 4. The number of halogens is 4. The van der Waals surface area contributed by atoms with Crippen LogP contribution in [0.1, 0.15) is 59.4 Å². The largest absolute Gasteiger partial charge is 0.467 e. The van der Waals surface area contributed by atoms with Crippen LogP contribution in [0.25, 0.3) is 0 Å². The third-order valence-corrected chi connectivity index (χ3v) is 7.61. The second-order valence-electron chi connectivity index (χ2n) is 11.0. The minimum absolute atomic E-state index is 0.00753. The van der Waals surface area contributed by atoms with Crippen molar-refractivity contribution >= 4 is 39.7 Å². The summed E-state index contributed by atoms with van der Waals surface area (Å²) in [5.74, 6) is -2.82. The number of nitrogens with one attached hydrogen (secondary N) is 1. The first-order valence-electron chi connectivity index (χ1n) is 14.1. The summed E-state index contributed by atoms with van der Waals surface area (Å²) in [5, 5.41) is 2.66. The smallest absolute Gasteiger partial charge is 0.432 e. The number of ether oxygens (including phenoxy) is 3. The van der Waals surface area contributed by atoms with E-state index in [9.17, 15) is 32.3 Å². The Hall–Kier alpha value is -3.11. The van der Waals surface area contributed by atoms with E-state index in [-0.39, 0.29) is 18.8 Å². The van der Waals surface area contributed by atoms with Gasteiger partial charge in [-0.1, -0.05) is 70.9 Å². The van der Waals surface area contributed by atoms with E-state index in [4.69, 9.17) is 14.2 Å². The lowest BCUT2D eigenvalue weighted by Gasteiger charge is -2.35. The maximum atomic E-state index is 14.5. The van der Waals surface area contributed by atoms with Gasteiger partial charge in [-0.15, -0.1) is 0 Å². The molecule has 1 aromatic rings. The van der Waals surface area contributed by atoms with Gasteiger partial charge in [0, 0.05) is 42.1 Å². The summed E-state index contributed by atoms with van der Waals surface area (Å²) < 4.78 is 58.6. The summed E-state index contributed by atoms with van der Waals surface area (Å²) in [4.78, 5) is 56.5. The van der Waals surface area contributed by atoms with Gasteiger partial charge in [-0.05, 0) is 29.5 Å². The van der Waals surface area contributed by atoms with Gasteiger partial charge >= 0.3 is 18.1 Å². The van der Waals surface area contributed by atoms with Crippen LogP contribution in [0.4, 0.5) is 13.2 Å². The van der Waals surface area contributed by atoms with E-state index in [0.717, 1.165) is 19.2 Å². The standard InChI is InChI=1S/C31H42BrF3N2O7/c1-19(2)24(27(39)37(6)25(20(3)4)28(40)42-7)36-26(38)21(5)23(17-13-10-14-18-32)44-29(41)30(43-8,31(33,34)35)22-15-11-9-12-16-22/h9,11-12,15-16,19-21,23-25H,10,13,17H2,1-8H3,(H,36,38)/t21-,23+,24-,25-,30+/m0/s1. The molecular formula is C31H42BrF3N2O7. The molecule has 0 saturated carbocycles.